The Hall–Kier alpha value is -0.770. The van der Waals surface area contributed by atoms with E-state index in [2.05, 4.69) is 32.1 Å². The highest BCUT2D eigenvalue weighted by molar-refractivity contribution is 5.12. The van der Waals surface area contributed by atoms with Gasteiger partial charge < -0.3 is 0 Å². The zero-order valence-electron chi connectivity index (χ0n) is 7.52. The van der Waals surface area contributed by atoms with Gasteiger partial charge in [-0.25, -0.2) is 0 Å². The van der Waals surface area contributed by atoms with Gasteiger partial charge in [0, 0.05) is 0 Å². The Morgan fingerprint density at radius 2 is 2.00 bits per heavy atom. The normalized spacial score (nSPS) is 34.7. The fourth-order valence-electron chi connectivity index (χ4n) is 1.86. The maximum Gasteiger partial charge on any atom is 0.0690 e. The van der Waals surface area contributed by atoms with Crippen molar-refractivity contribution in [1.29, 1.82) is 5.26 Å². The van der Waals surface area contributed by atoms with Gasteiger partial charge in [0.2, 0.25) is 0 Å². The lowest BCUT2D eigenvalue weighted by atomic mass is 9.69. The first-order valence-electron chi connectivity index (χ1n) is 4.06. The third kappa shape index (κ3) is 1.83. The Bertz CT molecular complexity index is 220. The summed E-state index contributed by atoms with van der Waals surface area (Å²) in [6, 6.07) is 2.38. The molecule has 0 saturated carbocycles. The molecule has 0 amide bonds. The fourth-order valence-corrected chi connectivity index (χ4v) is 1.86. The highest BCUT2D eigenvalue weighted by Gasteiger charge is 2.33. The second-order valence-electron chi connectivity index (χ2n) is 4.44. The molecular weight excluding hydrogens is 134 g/mol. The first kappa shape index (κ1) is 8.33. The average molecular weight is 149 g/mol. The van der Waals surface area contributed by atoms with Crippen molar-refractivity contribution in [2.75, 3.05) is 0 Å². The van der Waals surface area contributed by atoms with Crippen LogP contribution in [0.1, 0.15) is 33.6 Å². The summed E-state index contributed by atoms with van der Waals surface area (Å²) in [5, 5.41) is 8.90. The second-order valence-corrected chi connectivity index (χ2v) is 4.44. The van der Waals surface area contributed by atoms with E-state index < -0.39 is 0 Å². The van der Waals surface area contributed by atoms with Crippen LogP contribution in [0.2, 0.25) is 0 Å². The van der Waals surface area contributed by atoms with Crippen molar-refractivity contribution in [2.45, 2.75) is 33.6 Å². The highest BCUT2D eigenvalue weighted by Crippen LogP contribution is 2.41. The summed E-state index contributed by atoms with van der Waals surface area (Å²) in [5.74, 6) is 0. The van der Waals surface area contributed by atoms with Gasteiger partial charge in [-0.05, 0) is 25.2 Å². The monoisotopic (exact) mass is 149 g/mol. The van der Waals surface area contributed by atoms with E-state index >= 15 is 0 Å². The van der Waals surface area contributed by atoms with Crippen LogP contribution in [0.3, 0.4) is 0 Å². The second kappa shape index (κ2) is 2.37. The molecule has 1 unspecified atom stereocenters. The van der Waals surface area contributed by atoms with Gasteiger partial charge >= 0.3 is 0 Å². The van der Waals surface area contributed by atoms with Crippen LogP contribution in [-0.4, -0.2) is 0 Å². The summed E-state index contributed by atoms with van der Waals surface area (Å²) in [4.78, 5) is 0. The molecule has 0 aromatic heterocycles. The Morgan fingerprint density at radius 1 is 1.36 bits per heavy atom. The predicted molar refractivity (Wildman–Crippen MR) is 45.9 cm³/mol. The molecule has 60 valence electrons. The van der Waals surface area contributed by atoms with Crippen molar-refractivity contribution < 1.29 is 0 Å². The standard InChI is InChI=1S/C10H15N/c1-9(2)5-4-6-10(3,7-9)8-11/h4-5H,6-7H2,1-3H3. The van der Waals surface area contributed by atoms with Crippen molar-refractivity contribution in [2.24, 2.45) is 10.8 Å². The van der Waals surface area contributed by atoms with E-state index in [9.17, 15) is 0 Å². The largest absolute Gasteiger partial charge is 0.198 e. The van der Waals surface area contributed by atoms with Gasteiger partial charge in [0.25, 0.3) is 0 Å². The molecule has 0 aliphatic heterocycles. The van der Waals surface area contributed by atoms with Gasteiger partial charge in [-0.3, -0.25) is 0 Å². The molecule has 11 heavy (non-hydrogen) atoms. The third-order valence-electron chi connectivity index (χ3n) is 2.25. The van der Waals surface area contributed by atoms with Gasteiger partial charge in [-0.2, -0.15) is 5.26 Å². The van der Waals surface area contributed by atoms with E-state index in [0.717, 1.165) is 12.8 Å². The number of nitriles is 1. The van der Waals surface area contributed by atoms with Crippen LogP contribution in [0.5, 0.6) is 0 Å². The highest BCUT2D eigenvalue weighted by atomic mass is 14.4. The number of allylic oxidation sites excluding steroid dienone is 2. The molecule has 0 N–H and O–H groups in total. The summed E-state index contributed by atoms with van der Waals surface area (Å²) in [7, 11) is 0. The zero-order chi connectivity index (χ0) is 8.54. The van der Waals surface area contributed by atoms with Crippen LogP contribution < -0.4 is 0 Å². The molecule has 1 aliphatic carbocycles. The number of hydrogen-bond donors (Lipinski definition) is 0. The Balaban J connectivity index is 2.83. The van der Waals surface area contributed by atoms with Gasteiger partial charge in [0.05, 0.1) is 11.5 Å². The molecule has 1 nitrogen and oxygen atoms in total. The lowest BCUT2D eigenvalue weighted by Gasteiger charge is -2.33. The van der Waals surface area contributed by atoms with Crippen molar-refractivity contribution in [1.82, 2.24) is 0 Å². The Labute approximate surface area is 68.7 Å². The molecule has 0 aromatic rings. The zero-order valence-corrected chi connectivity index (χ0v) is 7.52. The van der Waals surface area contributed by atoms with E-state index in [1.165, 1.54) is 0 Å². The van der Waals surface area contributed by atoms with Crippen molar-refractivity contribution >= 4 is 0 Å². The molecule has 1 heteroatoms. The fraction of sp³-hybridized carbons (Fsp3) is 0.700. The topological polar surface area (TPSA) is 23.8 Å². The van der Waals surface area contributed by atoms with E-state index in [0.29, 0.717) is 0 Å². The van der Waals surface area contributed by atoms with E-state index in [4.69, 9.17) is 5.26 Å². The van der Waals surface area contributed by atoms with Gasteiger partial charge in [0.15, 0.2) is 0 Å². The Kier molecular flexibility index (Phi) is 1.80. The smallest absolute Gasteiger partial charge is 0.0690 e. The minimum atomic E-state index is -0.127. The molecule has 1 atom stereocenters. The first-order valence-corrected chi connectivity index (χ1v) is 4.06. The summed E-state index contributed by atoms with van der Waals surface area (Å²) < 4.78 is 0. The van der Waals surface area contributed by atoms with Crippen molar-refractivity contribution in [3.05, 3.63) is 12.2 Å². The summed E-state index contributed by atoms with van der Waals surface area (Å²) in [6.07, 6.45) is 6.23. The molecule has 0 aromatic carbocycles. The first-order chi connectivity index (χ1) is 4.97. The molecule has 0 radical (unpaired) electrons. The molecule has 0 saturated heterocycles. The molecule has 0 heterocycles. The minimum absolute atomic E-state index is 0.127. The van der Waals surface area contributed by atoms with Gasteiger partial charge in [-0.1, -0.05) is 26.0 Å². The van der Waals surface area contributed by atoms with E-state index in [1.807, 2.05) is 6.92 Å². The van der Waals surface area contributed by atoms with Crippen molar-refractivity contribution in [3.8, 4) is 6.07 Å². The number of hydrogen-bond acceptors (Lipinski definition) is 1. The van der Waals surface area contributed by atoms with Crippen LogP contribution in [0, 0.1) is 22.2 Å². The average Bonchev–Trinajstić information content (AvgIpc) is 1.85. The lowest BCUT2D eigenvalue weighted by molar-refractivity contribution is 0.264. The summed E-state index contributed by atoms with van der Waals surface area (Å²) in [5.41, 5.74) is 0.0843. The quantitative estimate of drug-likeness (QED) is 0.486. The minimum Gasteiger partial charge on any atom is -0.198 e. The van der Waals surface area contributed by atoms with Crippen LogP contribution in [-0.2, 0) is 0 Å². The van der Waals surface area contributed by atoms with Crippen molar-refractivity contribution in [3.63, 3.8) is 0 Å². The summed E-state index contributed by atoms with van der Waals surface area (Å²) >= 11 is 0. The molecule has 1 rings (SSSR count). The lowest BCUT2D eigenvalue weighted by Crippen LogP contribution is -2.25. The molecule has 0 spiro atoms. The van der Waals surface area contributed by atoms with Crippen LogP contribution in [0.4, 0.5) is 0 Å². The maximum absolute atomic E-state index is 8.90. The number of nitrogens with zero attached hydrogens (tertiary/aromatic N) is 1. The maximum atomic E-state index is 8.90. The Morgan fingerprint density at radius 3 is 2.36 bits per heavy atom. The summed E-state index contributed by atoms with van der Waals surface area (Å²) in [6.45, 7) is 6.40. The molecule has 0 bridgehead atoms. The number of rotatable bonds is 0. The van der Waals surface area contributed by atoms with Crippen LogP contribution >= 0.6 is 0 Å². The SMILES string of the molecule is CC1(C)C=CCC(C)(C#N)C1. The predicted octanol–water partition coefficient (Wildman–Crippen LogP) is 2.89. The van der Waals surface area contributed by atoms with Crippen LogP contribution in [0.25, 0.3) is 0 Å². The van der Waals surface area contributed by atoms with Gasteiger partial charge in [0.1, 0.15) is 0 Å². The van der Waals surface area contributed by atoms with Crippen LogP contribution in [0.15, 0.2) is 12.2 Å². The molecule has 0 fully saturated rings. The molecule has 1 aliphatic rings. The molecular formula is C10H15N. The van der Waals surface area contributed by atoms with E-state index in [1.54, 1.807) is 0 Å². The third-order valence-corrected chi connectivity index (χ3v) is 2.25. The van der Waals surface area contributed by atoms with Gasteiger partial charge in [-0.15, -0.1) is 0 Å². The van der Waals surface area contributed by atoms with E-state index in [-0.39, 0.29) is 10.8 Å².